The molecule has 4 fully saturated rings. The third-order valence-electron chi connectivity index (χ3n) is 14.2. The molecule has 13 rings (SSSR count). The molecule has 0 atom stereocenters. The Morgan fingerprint density at radius 2 is 1.14 bits per heavy atom. The second-order valence-corrected chi connectivity index (χ2v) is 16.9. The monoisotopic (exact) mass is 659 g/mol. The molecular weight excluding hydrogens is 619 g/mol. The van der Waals surface area contributed by atoms with Crippen molar-refractivity contribution in [1.82, 2.24) is 0 Å². The fraction of sp³-hybridized carbons (Fsp3) is 0.265. The van der Waals surface area contributed by atoms with Gasteiger partial charge in [0.1, 0.15) is 11.2 Å². The highest BCUT2D eigenvalue weighted by atomic mass is 16.3. The van der Waals surface area contributed by atoms with Gasteiger partial charge in [-0.05, 0) is 131 Å². The third kappa shape index (κ3) is 3.59. The molecular formula is C49H41NO. The van der Waals surface area contributed by atoms with Crippen molar-refractivity contribution in [3.8, 4) is 22.3 Å². The van der Waals surface area contributed by atoms with Crippen molar-refractivity contribution in [2.45, 2.75) is 56.8 Å². The lowest BCUT2D eigenvalue weighted by Crippen LogP contribution is -2.55. The van der Waals surface area contributed by atoms with E-state index in [0.29, 0.717) is 0 Å². The van der Waals surface area contributed by atoms with Gasteiger partial charge in [0.25, 0.3) is 0 Å². The van der Waals surface area contributed by atoms with E-state index in [9.17, 15) is 0 Å². The van der Waals surface area contributed by atoms with E-state index in [1.165, 1.54) is 82.2 Å². The SMILES string of the molecule is CC1(C)c2ccccc2-c2ccc(N(c3ccc4c(c3)oc3ccccc34)c3cccc4c3-c3ccccc3C43C4CC5CC(C4)CC3C5)cc21. The lowest BCUT2D eigenvalue weighted by atomic mass is 9.43. The number of hydrogen-bond acceptors (Lipinski definition) is 2. The zero-order chi connectivity index (χ0) is 33.6. The van der Waals surface area contributed by atoms with Gasteiger partial charge in [-0.15, -0.1) is 0 Å². The Morgan fingerprint density at radius 3 is 1.96 bits per heavy atom. The zero-order valence-corrected chi connectivity index (χ0v) is 29.3. The molecule has 1 heterocycles. The maximum Gasteiger partial charge on any atom is 0.137 e. The van der Waals surface area contributed by atoms with Crippen molar-refractivity contribution in [2.75, 3.05) is 4.90 Å². The van der Waals surface area contributed by atoms with Gasteiger partial charge in [-0.1, -0.05) is 98.8 Å². The average molecular weight is 660 g/mol. The second kappa shape index (κ2) is 9.82. The number of anilines is 3. The molecule has 1 aromatic heterocycles. The first-order valence-electron chi connectivity index (χ1n) is 19.2. The number of para-hydroxylation sites is 1. The van der Waals surface area contributed by atoms with Gasteiger partial charge in [0.05, 0.1) is 5.69 Å². The van der Waals surface area contributed by atoms with Gasteiger partial charge in [-0.2, -0.15) is 0 Å². The number of fused-ring (bicyclic) bond motifs is 9. The molecule has 0 N–H and O–H groups in total. The van der Waals surface area contributed by atoms with Crippen LogP contribution in [-0.4, -0.2) is 0 Å². The molecule has 2 heteroatoms. The molecule has 248 valence electrons. The van der Waals surface area contributed by atoms with E-state index in [4.69, 9.17) is 4.42 Å². The highest BCUT2D eigenvalue weighted by Gasteiger charge is 2.61. The summed E-state index contributed by atoms with van der Waals surface area (Å²) in [4.78, 5) is 2.55. The number of hydrogen-bond donors (Lipinski definition) is 0. The minimum atomic E-state index is -0.0913. The summed E-state index contributed by atoms with van der Waals surface area (Å²) in [6.07, 6.45) is 7.01. The minimum Gasteiger partial charge on any atom is -0.456 e. The Labute approximate surface area is 299 Å². The first kappa shape index (κ1) is 28.6. The Morgan fingerprint density at radius 1 is 0.510 bits per heavy atom. The standard InChI is InChI=1S/C49H41NO/c1-48(2)40-13-6-3-10-35(40)36-20-18-33(27-43(36)48)50(34-19-21-38-37-11-5-8-17-45(37)51-46(38)28-34)44-16-9-15-42-47(44)39-12-4-7-14-41(39)49(42)31-23-29-22-30(25-31)26-32(49)24-29/h3-21,27-32H,22-26H2,1-2H3. The zero-order valence-electron chi connectivity index (χ0n) is 29.3. The van der Waals surface area contributed by atoms with Crippen molar-refractivity contribution in [1.29, 1.82) is 0 Å². The Kier molecular flexibility index (Phi) is 5.51. The molecule has 4 saturated carbocycles. The Hall–Kier alpha value is -5.08. The van der Waals surface area contributed by atoms with Crippen molar-refractivity contribution < 1.29 is 4.42 Å². The summed E-state index contributed by atoms with van der Waals surface area (Å²) in [5.74, 6) is 3.30. The summed E-state index contributed by atoms with van der Waals surface area (Å²) in [5, 5.41) is 2.33. The number of benzene rings is 6. The number of nitrogens with zero attached hydrogens (tertiary/aromatic N) is 1. The van der Waals surface area contributed by atoms with Gasteiger partial charge in [0, 0.05) is 44.6 Å². The highest BCUT2D eigenvalue weighted by Crippen LogP contribution is 2.70. The molecule has 4 bridgehead atoms. The van der Waals surface area contributed by atoms with Crippen LogP contribution in [0.5, 0.6) is 0 Å². The maximum atomic E-state index is 6.54. The van der Waals surface area contributed by atoms with Crippen LogP contribution in [0.25, 0.3) is 44.2 Å². The van der Waals surface area contributed by atoms with Gasteiger partial charge in [-0.25, -0.2) is 0 Å². The quantitative estimate of drug-likeness (QED) is 0.188. The van der Waals surface area contributed by atoms with Crippen molar-refractivity contribution >= 4 is 39.0 Å². The van der Waals surface area contributed by atoms with Crippen LogP contribution in [0.2, 0.25) is 0 Å². The molecule has 6 aliphatic rings. The van der Waals surface area contributed by atoms with Gasteiger partial charge in [0.2, 0.25) is 0 Å². The van der Waals surface area contributed by atoms with E-state index in [0.717, 1.165) is 45.9 Å². The van der Waals surface area contributed by atoms with E-state index < -0.39 is 0 Å². The first-order chi connectivity index (χ1) is 25.0. The van der Waals surface area contributed by atoms with Crippen LogP contribution in [-0.2, 0) is 10.8 Å². The summed E-state index contributed by atoms with van der Waals surface area (Å²) >= 11 is 0. The van der Waals surface area contributed by atoms with Crippen molar-refractivity contribution in [3.63, 3.8) is 0 Å². The van der Waals surface area contributed by atoms with E-state index in [1.54, 1.807) is 11.1 Å². The predicted octanol–water partition coefficient (Wildman–Crippen LogP) is 13.1. The van der Waals surface area contributed by atoms with Crippen molar-refractivity contribution in [2.24, 2.45) is 23.7 Å². The lowest BCUT2D eigenvalue weighted by molar-refractivity contribution is -0.0399. The molecule has 1 spiro atoms. The minimum absolute atomic E-state index is 0.0913. The van der Waals surface area contributed by atoms with Crippen LogP contribution < -0.4 is 4.90 Å². The van der Waals surface area contributed by atoms with Gasteiger partial charge in [-0.3, -0.25) is 0 Å². The van der Waals surface area contributed by atoms with Crippen LogP contribution in [0.15, 0.2) is 132 Å². The molecule has 0 radical (unpaired) electrons. The summed E-state index contributed by atoms with van der Waals surface area (Å²) < 4.78 is 6.54. The fourth-order valence-electron chi connectivity index (χ4n) is 12.5. The van der Waals surface area contributed by atoms with E-state index in [-0.39, 0.29) is 10.8 Å². The molecule has 51 heavy (non-hydrogen) atoms. The fourth-order valence-corrected chi connectivity index (χ4v) is 12.5. The second-order valence-electron chi connectivity index (χ2n) is 16.9. The third-order valence-corrected chi connectivity index (χ3v) is 14.2. The van der Waals surface area contributed by atoms with Gasteiger partial charge in [0.15, 0.2) is 0 Å². The Bertz CT molecular complexity index is 2570. The van der Waals surface area contributed by atoms with Crippen LogP contribution in [0.4, 0.5) is 17.1 Å². The summed E-state index contributed by atoms with van der Waals surface area (Å²) in [7, 11) is 0. The summed E-state index contributed by atoms with van der Waals surface area (Å²) in [6, 6.07) is 48.3. The number of furan rings is 1. The van der Waals surface area contributed by atoms with Gasteiger partial charge >= 0.3 is 0 Å². The molecule has 2 nitrogen and oxygen atoms in total. The van der Waals surface area contributed by atoms with Gasteiger partial charge < -0.3 is 9.32 Å². The first-order valence-corrected chi connectivity index (χ1v) is 19.2. The Balaban J connectivity index is 1.12. The van der Waals surface area contributed by atoms with Crippen LogP contribution in [0, 0.1) is 23.7 Å². The average Bonchev–Trinajstić information content (AvgIpc) is 3.75. The molecule has 0 unspecified atom stereocenters. The molecule has 0 amide bonds. The maximum absolute atomic E-state index is 6.54. The van der Waals surface area contributed by atoms with Crippen LogP contribution in [0.1, 0.15) is 68.2 Å². The summed E-state index contributed by atoms with van der Waals surface area (Å²) in [6.45, 7) is 4.78. The number of rotatable bonds is 3. The highest BCUT2D eigenvalue weighted by molar-refractivity contribution is 6.06. The van der Waals surface area contributed by atoms with Crippen LogP contribution >= 0.6 is 0 Å². The van der Waals surface area contributed by atoms with E-state index >= 15 is 0 Å². The lowest BCUT2D eigenvalue weighted by Gasteiger charge is -2.61. The normalized spacial score (nSPS) is 25.7. The molecule has 6 aliphatic carbocycles. The van der Waals surface area contributed by atoms with Crippen molar-refractivity contribution in [3.05, 3.63) is 150 Å². The predicted molar refractivity (Wildman–Crippen MR) is 209 cm³/mol. The molecule has 6 aromatic carbocycles. The largest absolute Gasteiger partial charge is 0.456 e. The molecule has 0 aliphatic heterocycles. The molecule has 7 aromatic rings. The topological polar surface area (TPSA) is 16.4 Å². The van der Waals surface area contributed by atoms with E-state index in [1.807, 2.05) is 0 Å². The van der Waals surface area contributed by atoms with E-state index in [2.05, 4.69) is 146 Å². The summed E-state index contributed by atoms with van der Waals surface area (Å²) in [5.41, 5.74) is 17.1. The van der Waals surface area contributed by atoms with Crippen LogP contribution in [0.3, 0.4) is 0 Å². The molecule has 0 saturated heterocycles. The smallest absolute Gasteiger partial charge is 0.137 e.